The van der Waals surface area contributed by atoms with Gasteiger partial charge in [-0.15, -0.1) is 0 Å². The van der Waals surface area contributed by atoms with Crippen LogP contribution in [-0.2, 0) is 12.0 Å². The number of rotatable bonds is 8. The normalized spacial score (nSPS) is 15.7. The third kappa shape index (κ3) is 6.11. The molecule has 0 saturated carbocycles. The van der Waals surface area contributed by atoms with E-state index in [-0.39, 0.29) is 11.3 Å². The van der Waals surface area contributed by atoms with E-state index in [4.69, 9.17) is 4.74 Å². The first-order chi connectivity index (χ1) is 16.4. The molecule has 7 nitrogen and oxygen atoms in total. The molecule has 34 heavy (non-hydrogen) atoms. The molecule has 0 radical (unpaired) electrons. The molecule has 0 bridgehead atoms. The van der Waals surface area contributed by atoms with Gasteiger partial charge in [0.15, 0.2) is 0 Å². The zero-order valence-corrected chi connectivity index (χ0v) is 20.1. The van der Waals surface area contributed by atoms with Crippen LogP contribution in [0.5, 0.6) is 5.75 Å². The van der Waals surface area contributed by atoms with E-state index in [1.54, 1.807) is 30.7 Å². The number of hydrogen-bond acceptors (Lipinski definition) is 6. The van der Waals surface area contributed by atoms with E-state index in [9.17, 15) is 4.79 Å². The van der Waals surface area contributed by atoms with Gasteiger partial charge in [0.2, 0.25) is 0 Å². The van der Waals surface area contributed by atoms with Gasteiger partial charge in [-0.3, -0.25) is 9.78 Å². The van der Waals surface area contributed by atoms with Gasteiger partial charge >= 0.3 is 0 Å². The molecule has 1 saturated heterocycles. The van der Waals surface area contributed by atoms with Gasteiger partial charge < -0.3 is 20.7 Å². The topological polar surface area (TPSA) is 88.2 Å². The molecule has 7 heteroatoms. The predicted molar refractivity (Wildman–Crippen MR) is 135 cm³/mol. The van der Waals surface area contributed by atoms with Gasteiger partial charge in [0.05, 0.1) is 5.56 Å². The summed E-state index contributed by atoms with van der Waals surface area (Å²) in [6, 6.07) is 13.6. The SMILES string of the molecule is CC(C)(C)c1ccc(NC(=O)c2cccnc2NCc2ccncc2)cc1OCC1CCCN1. The zero-order valence-electron chi connectivity index (χ0n) is 20.1. The largest absolute Gasteiger partial charge is 0.492 e. The maximum absolute atomic E-state index is 13.2. The van der Waals surface area contributed by atoms with E-state index < -0.39 is 0 Å². The molecule has 1 amide bonds. The van der Waals surface area contributed by atoms with Crippen molar-refractivity contribution in [2.45, 2.75) is 51.6 Å². The zero-order chi connectivity index (χ0) is 24.0. The Morgan fingerprint density at radius 1 is 1.15 bits per heavy atom. The molecule has 1 unspecified atom stereocenters. The van der Waals surface area contributed by atoms with Gasteiger partial charge in [-0.05, 0) is 66.3 Å². The molecule has 178 valence electrons. The Morgan fingerprint density at radius 3 is 2.71 bits per heavy atom. The van der Waals surface area contributed by atoms with Gasteiger partial charge in [0.25, 0.3) is 5.91 Å². The smallest absolute Gasteiger partial charge is 0.259 e. The monoisotopic (exact) mass is 459 g/mol. The third-order valence-corrected chi connectivity index (χ3v) is 5.91. The van der Waals surface area contributed by atoms with E-state index >= 15 is 0 Å². The van der Waals surface area contributed by atoms with E-state index in [0.717, 1.165) is 29.8 Å². The highest BCUT2D eigenvalue weighted by Gasteiger charge is 2.22. The molecular weight excluding hydrogens is 426 g/mol. The molecule has 1 atom stereocenters. The number of hydrogen-bond donors (Lipinski definition) is 3. The number of aromatic nitrogens is 2. The fourth-order valence-corrected chi connectivity index (χ4v) is 4.04. The molecule has 4 rings (SSSR count). The predicted octanol–water partition coefficient (Wildman–Crippen LogP) is 4.77. The van der Waals surface area contributed by atoms with Crippen molar-refractivity contribution in [3.8, 4) is 5.75 Å². The van der Waals surface area contributed by atoms with Gasteiger partial charge in [-0.2, -0.15) is 0 Å². The van der Waals surface area contributed by atoms with Crippen molar-refractivity contribution in [1.82, 2.24) is 15.3 Å². The summed E-state index contributed by atoms with van der Waals surface area (Å²) in [7, 11) is 0. The van der Waals surface area contributed by atoms with Crippen LogP contribution in [0.25, 0.3) is 0 Å². The average Bonchev–Trinajstić information content (AvgIpc) is 3.35. The summed E-state index contributed by atoms with van der Waals surface area (Å²) >= 11 is 0. The van der Waals surface area contributed by atoms with Crippen molar-refractivity contribution in [3.63, 3.8) is 0 Å². The second kappa shape index (κ2) is 10.7. The maximum Gasteiger partial charge on any atom is 0.259 e. The quantitative estimate of drug-likeness (QED) is 0.450. The van der Waals surface area contributed by atoms with Crippen molar-refractivity contribution in [1.29, 1.82) is 0 Å². The molecule has 3 heterocycles. The molecular formula is C27H33N5O2. The van der Waals surface area contributed by atoms with E-state index in [0.29, 0.717) is 36.3 Å². The first-order valence-corrected chi connectivity index (χ1v) is 11.8. The Hall–Kier alpha value is -3.45. The molecule has 1 aromatic carbocycles. The van der Waals surface area contributed by atoms with Gasteiger partial charge in [0, 0.05) is 42.9 Å². The lowest BCUT2D eigenvalue weighted by Crippen LogP contribution is -2.28. The summed E-state index contributed by atoms with van der Waals surface area (Å²) in [5.41, 5.74) is 3.27. The summed E-state index contributed by atoms with van der Waals surface area (Å²) in [6.45, 7) is 8.70. The minimum absolute atomic E-state index is 0.0750. The van der Waals surface area contributed by atoms with Gasteiger partial charge in [-0.25, -0.2) is 4.98 Å². The lowest BCUT2D eigenvalue weighted by Gasteiger charge is -2.24. The first-order valence-electron chi connectivity index (χ1n) is 11.8. The maximum atomic E-state index is 13.2. The van der Waals surface area contributed by atoms with E-state index in [1.165, 1.54) is 6.42 Å². The van der Waals surface area contributed by atoms with Crippen LogP contribution in [0, 0.1) is 0 Å². The summed E-state index contributed by atoms with van der Waals surface area (Å²) in [5, 5.41) is 9.75. The van der Waals surface area contributed by atoms with Crippen molar-refractivity contribution in [2.75, 3.05) is 23.8 Å². The number of nitrogens with one attached hydrogen (secondary N) is 3. The molecule has 3 aromatic rings. The number of benzene rings is 1. The Balaban J connectivity index is 1.49. The molecule has 1 fully saturated rings. The van der Waals surface area contributed by atoms with Crippen LogP contribution < -0.4 is 20.7 Å². The van der Waals surface area contributed by atoms with Crippen molar-refractivity contribution < 1.29 is 9.53 Å². The number of pyridine rings is 2. The van der Waals surface area contributed by atoms with Gasteiger partial charge in [0.1, 0.15) is 18.2 Å². The van der Waals surface area contributed by atoms with Crippen LogP contribution in [0.15, 0.2) is 61.1 Å². The Bertz CT molecular complexity index is 1110. The van der Waals surface area contributed by atoms with Crippen LogP contribution in [-0.4, -0.2) is 35.1 Å². The molecule has 0 spiro atoms. The molecule has 1 aliphatic heterocycles. The fourth-order valence-electron chi connectivity index (χ4n) is 4.04. The fraction of sp³-hybridized carbons (Fsp3) is 0.370. The van der Waals surface area contributed by atoms with Crippen LogP contribution >= 0.6 is 0 Å². The average molecular weight is 460 g/mol. The number of nitrogens with zero attached hydrogens (tertiary/aromatic N) is 2. The third-order valence-electron chi connectivity index (χ3n) is 5.91. The second-order valence-corrected chi connectivity index (χ2v) is 9.63. The Labute approximate surface area is 201 Å². The lowest BCUT2D eigenvalue weighted by molar-refractivity contribution is 0.102. The molecule has 2 aromatic heterocycles. The van der Waals surface area contributed by atoms with Crippen molar-refractivity contribution in [3.05, 3.63) is 77.7 Å². The summed E-state index contributed by atoms with van der Waals surface area (Å²) in [4.78, 5) is 21.6. The lowest BCUT2D eigenvalue weighted by atomic mass is 9.86. The summed E-state index contributed by atoms with van der Waals surface area (Å²) < 4.78 is 6.24. The Kier molecular flexibility index (Phi) is 7.43. The van der Waals surface area contributed by atoms with E-state index in [1.807, 2.05) is 30.3 Å². The first kappa shape index (κ1) is 23.7. The van der Waals surface area contributed by atoms with Crippen LogP contribution in [0.2, 0.25) is 0 Å². The highest BCUT2D eigenvalue weighted by Crippen LogP contribution is 2.34. The highest BCUT2D eigenvalue weighted by molar-refractivity contribution is 6.07. The van der Waals surface area contributed by atoms with Crippen molar-refractivity contribution >= 4 is 17.4 Å². The minimum atomic E-state index is -0.225. The number of amides is 1. The van der Waals surface area contributed by atoms with Crippen LogP contribution in [0.1, 0.15) is 55.1 Å². The number of anilines is 2. The molecule has 1 aliphatic rings. The van der Waals surface area contributed by atoms with Gasteiger partial charge in [-0.1, -0.05) is 26.8 Å². The number of carbonyl (C=O) groups excluding carboxylic acids is 1. The number of ether oxygens (including phenoxy) is 1. The summed E-state index contributed by atoms with van der Waals surface area (Å²) in [5.74, 6) is 1.12. The Morgan fingerprint density at radius 2 is 1.97 bits per heavy atom. The van der Waals surface area contributed by atoms with E-state index in [2.05, 4.69) is 46.7 Å². The standard InChI is InChI=1S/C27H33N5O2/c1-27(2,3)23-9-8-20(16-24(23)34-18-21-6-4-12-29-21)32-26(33)22-7-5-13-30-25(22)31-17-19-10-14-28-15-11-19/h5,7-11,13-16,21,29H,4,6,12,17-18H2,1-3H3,(H,30,31)(H,32,33). The minimum Gasteiger partial charge on any atom is -0.492 e. The number of carbonyl (C=O) groups is 1. The van der Waals surface area contributed by atoms with Crippen molar-refractivity contribution in [2.24, 2.45) is 0 Å². The van der Waals surface area contributed by atoms with Crippen LogP contribution in [0.3, 0.4) is 0 Å². The van der Waals surface area contributed by atoms with Crippen LogP contribution in [0.4, 0.5) is 11.5 Å². The highest BCUT2D eigenvalue weighted by atomic mass is 16.5. The molecule has 0 aliphatic carbocycles. The molecule has 3 N–H and O–H groups in total. The second-order valence-electron chi connectivity index (χ2n) is 9.63. The summed E-state index contributed by atoms with van der Waals surface area (Å²) in [6.07, 6.45) is 7.46.